The van der Waals surface area contributed by atoms with Gasteiger partial charge in [-0.05, 0) is 30.5 Å². The molecule has 0 radical (unpaired) electrons. The van der Waals surface area contributed by atoms with E-state index in [-0.39, 0.29) is 18.1 Å². The van der Waals surface area contributed by atoms with Crippen LogP contribution in [0.15, 0.2) is 24.3 Å². The molecule has 17 heavy (non-hydrogen) atoms. The van der Waals surface area contributed by atoms with Crippen LogP contribution in [0.5, 0.6) is 0 Å². The lowest BCUT2D eigenvalue weighted by Crippen LogP contribution is -2.31. The Morgan fingerprint density at radius 1 is 1.47 bits per heavy atom. The number of halogens is 1. The third-order valence-corrected chi connectivity index (χ3v) is 3.27. The number of amides is 1. The average molecular weight is 236 g/mol. The summed E-state index contributed by atoms with van der Waals surface area (Å²) in [7, 11) is 0. The molecule has 1 aromatic rings. The van der Waals surface area contributed by atoms with Gasteiger partial charge in [-0.2, -0.15) is 0 Å². The largest absolute Gasteiger partial charge is 0.342 e. The quantitative estimate of drug-likeness (QED) is 0.856. The highest BCUT2D eigenvalue weighted by Gasteiger charge is 2.25. The minimum atomic E-state index is -0.310. The van der Waals surface area contributed by atoms with Gasteiger partial charge in [-0.3, -0.25) is 4.79 Å². The summed E-state index contributed by atoms with van der Waals surface area (Å²) >= 11 is 0. The van der Waals surface area contributed by atoms with E-state index >= 15 is 0 Å². The molecule has 1 atom stereocenters. The van der Waals surface area contributed by atoms with Crippen LogP contribution in [-0.2, 0) is 11.2 Å². The van der Waals surface area contributed by atoms with E-state index in [1.165, 1.54) is 6.07 Å². The Bertz CT molecular complexity index is 408. The fourth-order valence-electron chi connectivity index (χ4n) is 2.17. The van der Waals surface area contributed by atoms with Crippen molar-refractivity contribution in [1.29, 1.82) is 0 Å². The molecule has 0 aromatic heterocycles. The number of hydrogen-bond acceptors (Lipinski definition) is 2. The second kappa shape index (κ2) is 5.27. The molecule has 1 amide bonds. The third-order valence-electron chi connectivity index (χ3n) is 3.27. The van der Waals surface area contributed by atoms with Crippen LogP contribution >= 0.6 is 0 Å². The van der Waals surface area contributed by atoms with Crippen LogP contribution in [0.2, 0.25) is 0 Å². The maximum Gasteiger partial charge on any atom is 0.227 e. The molecule has 0 spiro atoms. The molecule has 2 N–H and O–H groups in total. The van der Waals surface area contributed by atoms with Crippen LogP contribution in [0.25, 0.3) is 0 Å². The first kappa shape index (κ1) is 12.0. The van der Waals surface area contributed by atoms with Gasteiger partial charge in [0.05, 0.1) is 6.42 Å². The maximum atomic E-state index is 13.4. The summed E-state index contributed by atoms with van der Waals surface area (Å²) in [6.07, 6.45) is 1.10. The normalized spacial score (nSPS) is 19.6. The summed E-state index contributed by atoms with van der Waals surface area (Å²) < 4.78 is 13.4. The minimum absolute atomic E-state index is 0.00829. The fourth-order valence-corrected chi connectivity index (χ4v) is 2.17. The SMILES string of the molecule is NCC1CCN(C(=O)Cc2ccccc2F)C1. The topological polar surface area (TPSA) is 46.3 Å². The highest BCUT2D eigenvalue weighted by molar-refractivity contribution is 5.79. The molecule has 1 aliphatic heterocycles. The molecular formula is C13H17FN2O. The number of nitrogens with two attached hydrogens (primary N) is 1. The Balaban J connectivity index is 1.96. The zero-order valence-electron chi connectivity index (χ0n) is 9.73. The van der Waals surface area contributed by atoms with Crippen molar-refractivity contribution in [1.82, 2.24) is 4.90 Å². The molecule has 1 heterocycles. The van der Waals surface area contributed by atoms with E-state index in [9.17, 15) is 9.18 Å². The first-order valence-electron chi connectivity index (χ1n) is 5.92. The number of likely N-dealkylation sites (tertiary alicyclic amines) is 1. The molecule has 0 saturated carbocycles. The highest BCUT2D eigenvalue weighted by Crippen LogP contribution is 2.17. The van der Waals surface area contributed by atoms with E-state index in [1.54, 1.807) is 23.1 Å². The molecule has 0 aliphatic carbocycles. The standard InChI is InChI=1S/C13H17FN2O/c14-12-4-2-1-3-11(12)7-13(17)16-6-5-10(8-15)9-16/h1-4,10H,5-9,15H2. The van der Waals surface area contributed by atoms with Crippen molar-refractivity contribution in [2.24, 2.45) is 11.7 Å². The van der Waals surface area contributed by atoms with Crippen LogP contribution in [0.1, 0.15) is 12.0 Å². The molecule has 3 nitrogen and oxygen atoms in total. The van der Waals surface area contributed by atoms with E-state index in [1.807, 2.05) is 0 Å². The van der Waals surface area contributed by atoms with Gasteiger partial charge in [0.2, 0.25) is 5.91 Å². The molecular weight excluding hydrogens is 219 g/mol. The van der Waals surface area contributed by atoms with Gasteiger partial charge < -0.3 is 10.6 Å². The van der Waals surface area contributed by atoms with Gasteiger partial charge in [0.15, 0.2) is 0 Å². The molecule has 0 bridgehead atoms. The van der Waals surface area contributed by atoms with Crippen molar-refractivity contribution in [3.63, 3.8) is 0 Å². The molecule has 1 aliphatic rings. The van der Waals surface area contributed by atoms with Crippen LogP contribution < -0.4 is 5.73 Å². The smallest absolute Gasteiger partial charge is 0.227 e. The van der Waals surface area contributed by atoms with Crippen LogP contribution in [0.3, 0.4) is 0 Å². The van der Waals surface area contributed by atoms with E-state index in [2.05, 4.69) is 0 Å². The number of carbonyl (C=O) groups is 1. The van der Waals surface area contributed by atoms with Gasteiger partial charge in [-0.25, -0.2) is 4.39 Å². The summed E-state index contributed by atoms with van der Waals surface area (Å²) in [5.74, 6) is 0.0843. The van der Waals surface area contributed by atoms with Crippen molar-refractivity contribution < 1.29 is 9.18 Å². The lowest BCUT2D eigenvalue weighted by atomic mass is 10.1. The summed E-state index contributed by atoms with van der Waals surface area (Å²) in [4.78, 5) is 13.7. The molecule has 1 saturated heterocycles. The maximum absolute atomic E-state index is 13.4. The molecule has 4 heteroatoms. The van der Waals surface area contributed by atoms with Crippen molar-refractivity contribution in [2.75, 3.05) is 19.6 Å². The monoisotopic (exact) mass is 236 g/mol. The summed E-state index contributed by atoms with van der Waals surface area (Å²) in [6.45, 7) is 2.07. The highest BCUT2D eigenvalue weighted by atomic mass is 19.1. The molecule has 1 fully saturated rings. The molecule has 1 aromatic carbocycles. The van der Waals surface area contributed by atoms with Crippen LogP contribution in [0, 0.1) is 11.7 Å². The number of rotatable bonds is 3. The summed E-state index contributed by atoms with van der Waals surface area (Å²) in [5, 5.41) is 0. The predicted molar refractivity (Wildman–Crippen MR) is 63.8 cm³/mol. The van der Waals surface area contributed by atoms with Gasteiger partial charge in [-0.1, -0.05) is 18.2 Å². The van der Waals surface area contributed by atoms with E-state index < -0.39 is 0 Å². The van der Waals surface area contributed by atoms with Crippen LogP contribution in [0.4, 0.5) is 4.39 Å². The van der Waals surface area contributed by atoms with Crippen molar-refractivity contribution in [3.05, 3.63) is 35.6 Å². The van der Waals surface area contributed by atoms with E-state index in [0.29, 0.717) is 24.6 Å². The number of benzene rings is 1. The van der Waals surface area contributed by atoms with Gasteiger partial charge >= 0.3 is 0 Å². The Morgan fingerprint density at radius 3 is 2.88 bits per heavy atom. The number of carbonyl (C=O) groups excluding carboxylic acids is 1. The summed E-state index contributed by atoms with van der Waals surface area (Å²) in [5.41, 5.74) is 6.04. The predicted octanol–water partition coefficient (Wildman–Crippen LogP) is 1.18. The average Bonchev–Trinajstić information content (AvgIpc) is 2.81. The van der Waals surface area contributed by atoms with Crippen LogP contribution in [-0.4, -0.2) is 30.4 Å². The minimum Gasteiger partial charge on any atom is -0.342 e. The Hall–Kier alpha value is -1.42. The van der Waals surface area contributed by atoms with Gasteiger partial charge in [0.25, 0.3) is 0 Å². The van der Waals surface area contributed by atoms with Crippen molar-refractivity contribution in [3.8, 4) is 0 Å². The lowest BCUT2D eigenvalue weighted by molar-refractivity contribution is -0.129. The first-order chi connectivity index (χ1) is 8.20. The molecule has 1 unspecified atom stereocenters. The van der Waals surface area contributed by atoms with Crippen molar-refractivity contribution >= 4 is 5.91 Å². The second-order valence-electron chi connectivity index (χ2n) is 4.50. The molecule has 2 rings (SSSR count). The Morgan fingerprint density at radius 2 is 2.24 bits per heavy atom. The number of hydrogen-bond donors (Lipinski definition) is 1. The molecule has 92 valence electrons. The van der Waals surface area contributed by atoms with Gasteiger partial charge in [0.1, 0.15) is 5.82 Å². The Kier molecular flexibility index (Phi) is 3.74. The van der Waals surface area contributed by atoms with Gasteiger partial charge in [-0.15, -0.1) is 0 Å². The first-order valence-corrected chi connectivity index (χ1v) is 5.92. The van der Waals surface area contributed by atoms with Crippen molar-refractivity contribution in [2.45, 2.75) is 12.8 Å². The fraction of sp³-hybridized carbons (Fsp3) is 0.462. The van der Waals surface area contributed by atoms with E-state index in [0.717, 1.165) is 13.0 Å². The zero-order chi connectivity index (χ0) is 12.3. The van der Waals surface area contributed by atoms with E-state index in [4.69, 9.17) is 5.73 Å². The zero-order valence-corrected chi connectivity index (χ0v) is 9.73. The second-order valence-corrected chi connectivity index (χ2v) is 4.50. The number of nitrogens with zero attached hydrogens (tertiary/aromatic N) is 1. The third kappa shape index (κ3) is 2.82. The van der Waals surface area contributed by atoms with Gasteiger partial charge in [0, 0.05) is 13.1 Å². The Labute approximate surface area is 100 Å². The summed E-state index contributed by atoms with van der Waals surface area (Å²) in [6, 6.07) is 6.42. The lowest BCUT2D eigenvalue weighted by Gasteiger charge is -2.16.